The Morgan fingerprint density at radius 2 is 2.21 bits per heavy atom. The third-order valence-electron chi connectivity index (χ3n) is 2.82. The number of benzene rings is 1. The second kappa shape index (κ2) is 5.48. The number of nitrogens with one attached hydrogen (secondary N) is 1. The van der Waals surface area contributed by atoms with Crippen molar-refractivity contribution >= 4 is 11.6 Å². The van der Waals surface area contributed by atoms with Gasteiger partial charge in [0.2, 0.25) is 0 Å². The molecule has 0 fully saturated rings. The monoisotopic (exact) mass is 260 g/mol. The molecule has 5 heteroatoms. The molecule has 1 aromatic heterocycles. The summed E-state index contributed by atoms with van der Waals surface area (Å²) in [7, 11) is 1.54. The topological polar surface area (TPSA) is 77.5 Å². The lowest BCUT2D eigenvalue weighted by Gasteiger charge is -2.13. The molecule has 0 bridgehead atoms. The molecule has 100 valence electrons. The number of amides is 1. The molecule has 0 aliphatic heterocycles. The summed E-state index contributed by atoms with van der Waals surface area (Å²) in [5.41, 5.74) is 6.59. The largest absolute Gasteiger partial charge is 0.497 e. The molecule has 1 amide bonds. The maximum atomic E-state index is 12.2. The first-order valence-corrected chi connectivity index (χ1v) is 5.89. The number of carbonyl (C=O) groups excluding carboxylic acids is 1. The van der Waals surface area contributed by atoms with Crippen molar-refractivity contribution in [3.63, 3.8) is 0 Å². The highest BCUT2D eigenvalue weighted by molar-refractivity contribution is 5.99. The Morgan fingerprint density at radius 1 is 1.42 bits per heavy atom. The first-order chi connectivity index (χ1) is 9.11. The van der Waals surface area contributed by atoms with Crippen LogP contribution in [-0.4, -0.2) is 13.0 Å². The Hall–Kier alpha value is -2.43. The first-order valence-electron chi connectivity index (χ1n) is 5.89. The number of furan rings is 1. The highest BCUT2D eigenvalue weighted by Gasteiger charge is 2.16. The van der Waals surface area contributed by atoms with E-state index in [1.54, 1.807) is 43.7 Å². The normalized spacial score (nSPS) is 11.9. The van der Waals surface area contributed by atoms with Crippen LogP contribution >= 0.6 is 0 Å². The van der Waals surface area contributed by atoms with E-state index in [2.05, 4.69) is 5.32 Å². The third-order valence-corrected chi connectivity index (χ3v) is 2.82. The SMILES string of the molecule is COc1ccc(N)c(C(=O)N[C@@H](C)c2ccco2)c1. The second-order valence-corrected chi connectivity index (χ2v) is 4.16. The third kappa shape index (κ3) is 2.88. The Morgan fingerprint density at radius 3 is 2.84 bits per heavy atom. The van der Waals surface area contributed by atoms with Gasteiger partial charge in [-0.15, -0.1) is 0 Å². The van der Waals surface area contributed by atoms with E-state index in [9.17, 15) is 4.79 Å². The summed E-state index contributed by atoms with van der Waals surface area (Å²) in [5.74, 6) is 1.01. The lowest BCUT2D eigenvalue weighted by atomic mass is 10.1. The van der Waals surface area contributed by atoms with Gasteiger partial charge in [0.15, 0.2) is 0 Å². The maximum Gasteiger partial charge on any atom is 0.254 e. The smallest absolute Gasteiger partial charge is 0.254 e. The molecule has 0 aliphatic rings. The van der Waals surface area contributed by atoms with Gasteiger partial charge in [0.25, 0.3) is 5.91 Å². The molecule has 2 aromatic rings. The van der Waals surface area contributed by atoms with E-state index in [0.29, 0.717) is 22.8 Å². The van der Waals surface area contributed by atoms with Crippen molar-refractivity contribution in [3.8, 4) is 5.75 Å². The number of anilines is 1. The minimum atomic E-state index is -0.264. The zero-order valence-corrected chi connectivity index (χ0v) is 10.8. The van der Waals surface area contributed by atoms with Crippen LogP contribution in [0.25, 0.3) is 0 Å². The molecule has 1 heterocycles. The van der Waals surface area contributed by atoms with Crippen LogP contribution in [0.5, 0.6) is 5.75 Å². The molecule has 3 N–H and O–H groups in total. The van der Waals surface area contributed by atoms with Crippen molar-refractivity contribution in [2.75, 3.05) is 12.8 Å². The summed E-state index contributed by atoms with van der Waals surface area (Å²) in [4.78, 5) is 12.2. The Labute approximate surface area is 111 Å². The van der Waals surface area contributed by atoms with Gasteiger partial charge >= 0.3 is 0 Å². The van der Waals surface area contributed by atoms with Crippen LogP contribution in [0, 0.1) is 0 Å². The highest BCUT2D eigenvalue weighted by Crippen LogP contribution is 2.21. The predicted octanol–water partition coefficient (Wildman–Crippen LogP) is 2.36. The van der Waals surface area contributed by atoms with Gasteiger partial charge in [0.05, 0.1) is 25.0 Å². The molecule has 0 unspecified atom stereocenters. The molecule has 2 rings (SSSR count). The Balaban J connectivity index is 2.16. The fourth-order valence-corrected chi connectivity index (χ4v) is 1.74. The van der Waals surface area contributed by atoms with E-state index >= 15 is 0 Å². The van der Waals surface area contributed by atoms with E-state index in [0.717, 1.165) is 0 Å². The molecule has 0 saturated heterocycles. The molecule has 0 radical (unpaired) electrons. The number of ether oxygens (including phenoxy) is 1. The quantitative estimate of drug-likeness (QED) is 0.827. The molecule has 1 aromatic carbocycles. The van der Waals surface area contributed by atoms with Gasteiger partial charge in [-0.2, -0.15) is 0 Å². The van der Waals surface area contributed by atoms with E-state index in [1.165, 1.54) is 0 Å². The number of rotatable bonds is 4. The molecule has 0 aliphatic carbocycles. The second-order valence-electron chi connectivity index (χ2n) is 4.16. The van der Waals surface area contributed by atoms with Gasteiger partial charge in [-0.1, -0.05) is 0 Å². The van der Waals surface area contributed by atoms with Crippen LogP contribution in [-0.2, 0) is 0 Å². The molecule has 0 spiro atoms. The molecular formula is C14H16N2O3. The van der Waals surface area contributed by atoms with Gasteiger partial charge in [0, 0.05) is 5.69 Å². The average molecular weight is 260 g/mol. The minimum absolute atomic E-state index is 0.229. The van der Waals surface area contributed by atoms with E-state index < -0.39 is 0 Å². The van der Waals surface area contributed by atoms with Crippen LogP contribution in [0.1, 0.15) is 29.1 Å². The molecule has 5 nitrogen and oxygen atoms in total. The number of methoxy groups -OCH3 is 1. The van der Waals surface area contributed by atoms with Crippen LogP contribution in [0.3, 0.4) is 0 Å². The predicted molar refractivity (Wildman–Crippen MR) is 72.0 cm³/mol. The molecule has 19 heavy (non-hydrogen) atoms. The van der Waals surface area contributed by atoms with Crippen LogP contribution in [0.15, 0.2) is 41.0 Å². The van der Waals surface area contributed by atoms with Crippen molar-refractivity contribution in [1.82, 2.24) is 5.32 Å². The minimum Gasteiger partial charge on any atom is -0.497 e. The van der Waals surface area contributed by atoms with Gasteiger partial charge < -0.3 is 20.2 Å². The molecule has 0 saturated carbocycles. The number of hydrogen-bond donors (Lipinski definition) is 2. The molecule has 1 atom stereocenters. The van der Waals surface area contributed by atoms with Crippen molar-refractivity contribution in [3.05, 3.63) is 47.9 Å². The van der Waals surface area contributed by atoms with Crippen LogP contribution in [0.2, 0.25) is 0 Å². The van der Waals surface area contributed by atoms with Gasteiger partial charge in [0.1, 0.15) is 11.5 Å². The van der Waals surface area contributed by atoms with E-state index in [4.69, 9.17) is 14.9 Å². The molecular weight excluding hydrogens is 244 g/mol. The van der Waals surface area contributed by atoms with E-state index in [1.807, 2.05) is 6.92 Å². The van der Waals surface area contributed by atoms with Crippen LogP contribution < -0.4 is 15.8 Å². The summed E-state index contributed by atoms with van der Waals surface area (Å²) in [6, 6.07) is 8.32. The standard InChI is InChI=1S/C14H16N2O3/c1-9(13-4-3-7-19-13)16-14(17)11-8-10(18-2)5-6-12(11)15/h3-9H,15H2,1-2H3,(H,16,17)/t9-/m0/s1. The summed E-state index contributed by atoms with van der Waals surface area (Å²) in [5, 5.41) is 2.82. The van der Waals surface area contributed by atoms with Gasteiger partial charge in [-0.25, -0.2) is 0 Å². The fraction of sp³-hybridized carbons (Fsp3) is 0.214. The van der Waals surface area contributed by atoms with Crippen molar-refractivity contribution in [2.24, 2.45) is 0 Å². The fourth-order valence-electron chi connectivity index (χ4n) is 1.74. The first kappa shape index (κ1) is 13.0. The van der Waals surface area contributed by atoms with Crippen LogP contribution in [0.4, 0.5) is 5.69 Å². The number of nitrogen functional groups attached to an aromatic ring is 1. The highest BCUT2D eigenvalue weighted by atomic mass is 16.5. The lowest BCUT2D eigenvalue weighted by Crippen LogP contribution is -2.27. The van der Waals surface area contributed by atoms with Crippen molar-refractivity contribution < 1.29 is 13.9 Å². The number of carbonyl (C=O) groups is 1. The van der Waals surface area contributed by atoms with E-state index in [-0.39, 0.29) is 11.9 Å². The zero-order valence-electron chi connectivity index (χ0n) is 10.8. The summed E-state index contributed by atoms with van der Waals surface area (Å²) >= 11 is 0. The van der Waals surface area contributed by atoms with Crippen molar-refractivity contribution in [1.29, 1.82) is 0 Å². The zero-order chi connectivity index (χ0) is 13.8. The Kier molecular flexibility index (Phi) is 3.75. The van der Waals surface area contributed by atoms with Crippen molar-refractivity contribution in [2.45, 2.75) is 13.0 Å². The lowest BCUT2D eigenvalue weighted by molar-refractivity contribution is 0.0936. The number of nitrogens with two attached hydrogens (primary N) is 1. The number of hydrogen-bond acceptors (Lipinski definition) is 4. The summed E-state index contributed by atoms with van der Waals surface area (Å²) in [6.07, 6.45) is 1.57. The van der Waals surface area contributed by atoms with Gasteiger partial charge in [-0.05, 0) is 37.3 Å². The Bertz CT molecular complexity index is 564. The average Bonchev–Trinajstić information content (AvgIpc) is 2.93. The van der Waals surface area contributed by atoms with Gasteiger partial charge in [-0.3, -0.25) is 4.79 Å². The maximum absolute atomic E-state index is 12.2. The summed E-state index contributed by atoms with van der Waals surface area (Å²) < 4.78 is 10.3. The summed E-state index contributed by atoms with van der Waals surface area (Å²) in [6.45, 7) is 1.84.